The third-order valence-electron chi connectivity index (χ3n) is 13.6. The molecular formula is C54H89N15O22. The van der Waals surface area contributed by atoms with Crippen LogP contribution < -0.4 is 75.3 Å². The van der Waals surface area contributed by atoms with Crippen LogP contribution in [0.3, 0.4) is 0 Å². The van der Waals surface area contributed by atoms with Gasteiger partial charge in [-0.3, -0.25) is 81.5 Å². The highest BCUT2D eigenvalue weighted by Crippen LogP contribution is 2.21. The molecule has 0 saturated carbocycles. The van der Waals surface area contributed by atoms with Crippen LogP contribution >= 0.6 is 0 Å². The molecule has 0 aromatic carbocycles. The molecule has 1 heterocycles. The number of amides is 13. The van der Waals surface area contributed by atoms with Gasteiger partial charge in [-0.05, 0) is 90.5 Å². The van der Waals surface area contributed by atoms with E-state index in [1.165, 1.54) is 20.8 Å². The average molecular weight is 1300 g/mol. The van der Waals surface area contributed by atoms with Crippen LogP contribution in [0.15, 0.2) is 0 Å². The molecule has 0 radical (unpaired) electrons. The molecular weight excluding hydrogens is 1210 g/mol. The molecule has 21 N–H and O–H groups in total. The minimum Gasteiger partial charge on any atom is -0.481 e. The first-order valence-electron chi connectivity index (χ1n) is 29.3. The molecule has 1 fully saturated rings. The highest BCUT2D eigenvalue weighted by atomic mass is 16.4. The summed E-state index contributed by atoms with van der Waals surface area (Å²) < 4.78 is 0. The Kier molecular flexibility index (Phi) is 35.5. The van der Waals surface area contributed by atoms with Gasteiger partial charge in [0.15, 0.2) is 0 Å². The van der Waals surface area contributed by atoms with E-state index >= 15 is 0 Å². The van der Waals surface area contributed by atoms with Crippen LogP contribution in [-0.2, 0) is 81.5 Å². The average Bonchev–Trinajstić information content (AvgIpc) is 2.09. The third-order valence-corrected chi connectivity index (χ3v) is 13.6. The number of carboxylic acids is 4. The van der Waals surface area contributed by atoms with E-state index in [4.69, 9.17) is 16.6 Å². The van der Waals surface area contributed by atoms with Gasteiger partial charge in [-0.15, -0.1) is 0 Å². The lowest BCUT2D eigenvalue weighted by molar-refractivity contribution is -0.146. The molecule has 0 aliphatic carbocycles. The van der Waals surface area contributed by atoms with E-state index in [1.54, 1.807) is 27.7 Å². The van der Waals surface area contributed by atoms with E-state index in [0.717, 1.165) is 4.90 Å². The van der Waals surface area contributed by atoms with Crippen molar-refractivity contribution in [2.24, 2.45) is 23.3 Å². The van der Waals surface area contributed by atoms with Crippen LogP contribution in [0.1, 0.15) is 119 Å². The second kappa shape index (κ2) is 40.5. The van der Waals surface area contributed by atoms with E-state index < -0.39 is 237 Å². The summed E-state index contributed by atoms with van der Waals surface area (Å²) >= 11 is 0. The molecule has 0 unspecified atom stereocenters. The van der Waals surface area contributed by atoms with Crippen LogP contribution in [0.2, 0.25) is 0 Å². The first-order chi connectivity index (χ1) is 42.5. The zero-order chi connectivity index (χ0) is 69.4. The molecule has 11 atom stereocenters. The van der Waals surface area contributed by atoms with Crippen LogP contribution in [0.4, 0.5) is 0 Å². The second-order valence-corrected chi connectivity index (χ2v) is 22.3. The Balaban J connectivity index is 3.33. The molecule has 37 nitrogen and oxygen atoms in total. The van der Waals surface area contributed by atoms with E-state index in [1.807, 2.05) is 0 Å². The lowest BCUT2D eigenvalue weighted by atomic mass is 10.0. The third kappa shape index (κ3) is 30.3. The Morgan fingerprint density at radius 1 is 0.473 bits per heavy atom. The van der Waals surface area contributed by atoms with Gasteiger partial charge in [-0.25, -0.2) is 0 Å². The van der Waals surface area contributed by atoms with Gasteiger partial charge in [-0.2, -0.15) is 0 Å². The highest BCUT2D eigenvalue weighted by Gasteiger charge is 2.41. The lowest BCUT2D eigenvalue weighted by Gasteiger charge is -2.30. The topological polar surface area (TPSA) is 591 Å². The molecule has 512 valence electrons. The number of hydrogen-bond acceptors (Lipinski definition) is 20. The minimum absolute atomic E-state index is 0.0281. The van der Waals surface area contributed by atoms with Gasteiger partial charge in [-0.1, -0.05) is 27.7 Å². The Morgan fingerprint density at radius 2 is 0.934 bits per heavy atom. The van der Waals surface area contributed by atoms with Crippen molar-refractivity contribution in [2.75, 3.05) is 39.3 Å². The first kappa shape index (κ1) is 79.9. The number of carbonyl (C=O) groups excluding carboxylic acids is 13. The molecule has 1 aliphatic heterocycles. The smallest absolute Gasteiger partial charge is 0.322 e. The van der Waals surface area contributed by atoms with Gasteiger partial charge in [0.25, 0.3) is 0 Å². The van der Waals surface area contributed by atoms with Gasteiger partial charge in [0.05, 0.1) is 32.2 Å². The summed E-state index contributed by atoms with van der Waals surface area (Å²) in [6.07, 6.45) is -3.27. The molecule has 0 aromatic heterocycles. The molecule has 13 amide bonds. The van der Waals surface area contributed by atoms with Gasteiger partial charge in [0.1, 0.15) is 67.0 Å². The van der Waals surface area contributed by atoms with Crippen molar-refractivity contribution in [3.05, 3.63) is 0 Å². The number of nitrogens with one attached hydrogen (secondary N) is 12. The van der Waals surface area contributed by atoms with Crippen molar-refractivity contribution >= 4 is 101 Å². The van der Waals surface area contributed by atoms with E-state index in [2.05, 4.69) is 63.8 Å². The van der Waals surface area contributed by atoms with Crippen molar-refractivity contribution in [3.63, 3.8) is 0 Å². The second-order valence-electron chi connectivity index (χ2n) is 22.3. The maximum Gasteiger partial charge on any atom is 0.322 e. The number of aliphatic carboxylic acids is 4. The number of hydrogen-bond donors (Lipinski definition) is 19. The normalized spacial score (nSPS) is 16.0. The Bertz CT molecular complexity index is 2620. The number of nitrogens with two attached hydrogens (primary N) is 2. The zero-order valence-electron chi connectivity index (χ0n) is 51.8. The fourth-order valence-electron chi connectivity index (χ4n) is 8.68. The monoisotopic (exact) mass is 1300 g/mol. The Hall–Kier alpha value is -9.13. The first-order valence-corrected chi connectivity index (χ1v) is 29.3. The number of carbonyl (C=O) groups is 17. The van der Waals surface area contributed by atoms with Crippen molar-refractivity contribution < 1.29 is 107 Å². The van der Waals surface area contributed by atoms with Crippen LogP contribution in [0, 0.1) is 11.8 Å². The van der Waals surface area contributed by atoms with Crippen LogP contribution in [0.25, 0.3) is 0 Å². The van der Waals surface area contributed by atoms with E-state index in [9.17, 15) is 102 Å². The predicted octanol–water partition coefficient (Wildman–Crippen LogP) is -7.81. The van der Waals surface area contributed by atoms with Gasteiger partial charge in [0, 0.05) is 19.4 Å². The maximum atomic E-state index is 14.1. The number of unbranched alkanes of at least 4 members (excludes halogenated alkanes) is 1. The summed E-state index contributed by atoms with van der Waals surface area (Å²) in [4.78, 5) is 220. The van der Waals surface area contributed by atoms with Crippen molar-refractivity contribution in [1.29, 1.82) is 0 Å². The SMILES string of the molecule is CC(C)C[C@H](NC(=O)[C@H](CCC(=O)O)NC(=O)[C@H](CCCCN)NC(=O)[C@H](C)NC(=O)[C@H](CO)NC(=O)CNC(=O)[C@H](C)N)C(=O)N[C@@H](CCC(=O)O)C(=O)NCC(=O)N[C@@H](CC(=O)O)C(=O)N1CCC[C@H]1C(=O)N[C@H](C(=O)N[C@@H](C)C(=O)NCC(=O)O)C(C)C. The number of aliphatic hydroxyl groups is 1. The quantitative estimate of drug-likeness (QED) is 0.0252. The Morgan fingerprint density at radius 3 is 1.43 bits per heavy atom. The molecule has 37 heteroatoms. The molecule has 91 heavy (non-hydrogen) atoms. The molecule has 1 aliphatic rings. The minimum atomic E-state index is -1.86. The van der Waals surface area contributed by atoms with Crippen molar-refractivity contribution in [3.8, 4) is 0 Å². The lowest BCUT2D eigenvalue weighted by Crippen LogP contribution is -2.60. The van der Waals surface area contributed by atoms with Crippen LogP contribution in [0.5, 0.6) is 0 Å². The van der Waals surface area contributed by atoms with E-state index in [0.29, 0.717) is 6.42 Å². The largest absolute Gasteiger partial charge is 0.481 e. The molecule has 1 rings (SSSR count). The predicted molar refractivity (Wildman–Crippen MR) is 314 cm³/mol. The zero-order valence-corrected chi connectivity index (χ0v) is 51.8. The number of aliphatic hydroxyl groups excluding tert-OH is 1. The van der Waals surface area contributed by atoms with E-state index in [-0.39, 0.29) is 45.2 Å². The molecule has 1 saturated heterocycles. The summed E-state index contributed by atoms with van der Waals surface area (Å²) in [5.41, 5.74) is 11.1. The van der Waals surface area contributed by atoms with Crippen LogP contribution in [-0.4, -0.2) is 237 Å². The van der Waals surface area contributed by atoms with Gasteiger partial charge >= 0.3 is 23.9 Å². The van der Waals surface area contributed by atoms with Crippen molar-refractivity contribution in [2.45, 2.75) is 186 Å². The maximum absolute atomic E-state index is 14.1. The summed E-state index contributed by atoms with van der Waals surface area (Å²) in [6.45, 7) is 6.95. The number of carboxylic acid groups (broad SMARTS) is 4. The van der Waals surface area contributed by atoms with Gasteiger partial charge < -0.3 is 106 Å². The molecule has 0 aromatic rings. The standard InChI is InChI=1S/C54H89N15O22/c1-25(2)19-33(67-49(86)32(14-16-40(75)76)66-48(85)30(11-8-9-17-55)64-46(83)29(7)60-51(88)35(24-70)63-38(72)21-57-44(81)27(5)56)50(87)65-31(13-15-39(73)74)47(84)58-22-37(71)62-34(20-41(77)78)54(91)69-18-10-12-36(69)52(89)68-43(26(3)4)53(90)61-28(6)45(82)59-23-42(79)80/h25-36,43,70H,8-24,55-56H2,1-7H3,(H,57,81)(H,58,84)(H,59,82)(H,60,88)(H,61,90)(H,62,71)(H,63,72)(H,64,83)(H,65,87)(H,66,85)(H,67,86)(H,68,89)(H,73,74)(H,75,76)(H,77,78)(H,79,80)/t27-,28-,29-,30-,31-,32-,33-,34-,35-,36-,43-/m0/s1. The number of nitrogens with zero attached hydrogens (tertiary/aromatic N) is 1. The molecule has 0 spiro atoms. The summed E-state index contributed by atoms with van der Waals surface area (Å²) in [7, 11) is 0. The van der Waals surface area contributed by atoms with Gasteiger partial charge in [0.2, 0.25) is 76.8 Å². The number of likely N-dealkylation sites (tertiary alicyclic amines) is 1. The number of rotatable bonds is 42. The summed E-state index contributed by atoms with van der Waals surface area (Å²) in [6, 6.07) is -16.3. The summed E-state index contributed by atoms with van der Waals surface area (Å²) in [5.74, 6) is -19.6. The Labute approximate surface area is 523 Å². The summed E-state index contributed by atoms with van der Waals surface area (Å²) in [5, 5.41) is 75.1. The molecule has 0 bridgehead atoms. The fourth-order valence-corrected chi connectivity index (χ4v) is 8.68. The fraction of sp³-hybridized carbons (Fsp3) is 0.685. The highest BCUT2D eigenvalue weighted by molar-refractivity contribution is 6.00. The van der Waals surface area contributed by atoms with Crippen molar-refractivity contribution in [1.82, 2.24) is 68.7 Å².